The maximum Gasteiger partial charge on any atom is 0.262 e. The van der Waals surface area contributed by atoms with Gasteiger partial charge in [0, 0.05) is 22.5 Å². The lowest BCUT2D eigenvalue weighted by atomic mass is 10.1. The van der Waals surface area contributed by atoms with E-state index in [-0.39, 0.29) is 12.5 Å². The number of anilines is 1. The summed E-state index contributed by atoms with van der Waals surface area (Å²) in [7, 11) is 0. The summed E-state index contributed by atoms with van der Waals surface area (Å²) in [5.41, 5.74) is 4.61. The lowest BCUT2D eigenvalue weighted by molar-refractivity contribution is -0.118. The second kappa shape index (κ2) is 9.20. The van der Waals surface area contributed by atoms with Crippen molar-refractivity contribution >= 4 is 35.1 Å². The average molecular weight is 393 g/mol. The summed E-state index contributed by atoms with van der Waals surface area (Å²) in [6.07, 6.45) is 1.71. The van der Waals surface area contributed by atoms with Crippen molar-refractivity contribution in [3.63, 3.8) is 0 Å². The Bertz CT molecular complexity index is 1000. The highest BCUT2D eigenvalue weighted by Gasteiger charge is 2.08. The molecule has 28 heavy (non-hydrogen) atoms. The van der Waals surface area contributed by atoms with Gasteiger partial charge in [-0.05, 0) is 61.4 Å². The summed E-state index contributed by atoms with van der Waals surface area (Å²) in [6, 6.07) is 20.5. The van der Waals surface area contributed by atoms with E-state index < -0.39 is 0 Å². The first-order valence-electron chi connectivity index (χ1n) is 8.90. The molecule has 3 aromatic rings. The first kappa shape index (κ1) is 19.6. The Morgan fingerprint density at radius 2 is 1.86 bits per heavy atom. The maximum atomic E-state index is 12.1. The molecule has 0 spiro atoms. The molecule has 0 unspecified atom stereocenters. The molecule has 1 N–H and O–H groups in total. The number of carbonyl (C=O) groups excluding carboxylic acids is 1. The van der Waals surface area contributed by atoms with Crippen LogP contribution in [0.15, 0.2) is 71.7 Å². The van der Waals surface area contributed by atoms with E-state index in [1.54, 1.807) is 24.4 Å². The van der Waals surface area contributed by atoms with Gasteiger partial charge in [0.15, 0.2) is 6.61 Å². The van der Waals surface area contributed by atoms with Crippen molar-refractivity contribution in [1.82, 2.24) is 0 Å². The molecule has 1 amide bonds. The number of carbonyl (C=O) groups is 1. The number of benzene rings is 3. The minimum absolute atomic E-state index is 0.110. The standard InChI is InChI=1S/C23H21ClN2O2/c1-16-7-6-10-21(17(16)2)25-14-18-13-19(24)11-12-22(18)28-15-23(27)26-20-8-4-3-5-9-20/h3-14H,15H2,1-2H3,(H,26,27). The lowest BCUT2D eigenvalue weighted by Gasteiger charge is -2.10. The molecule has 5 heteroatoms. The van der Waals surface area contributed by atoms with E-state index in [0.717, 1.165) is 16.9 Å². The normalized spacial score (nSPS) is 10.8. The number of hydrogen-bond donors (Lipinski definition) is 1. The molecule has 4 nitrogen and oxygen atoms in total. The number of rotatable bonds is 6. The molecule has 3 aromatic carbocycles. The largest absolute Gasteiger partial charge is 0.483 e. The first-order chi connectivity index (χ1) is 13.5. The highest BCUT2D eigenvalue weighted by Crippen LogP contribution is 2.25. The second-order valence-corrected chi connectivity index (χ2v) is 6.80. The van der Waals surface area contributed by atoms with Crippen molar-refractivity contribution in [2.45, 2.75) is 13.8 Å². The van der Waals surface area contributed by atoms with Gasteiger partial charge in [-0.15, -0.1) is 0 Å². The quantitative estimate of drug-likeness (QED) is 0.545. The van der Waals surface area contributed by atoms with Gasteiger partial charge in [-0.2, -0.15) is 0 Å². The second-order valence-electron chi connectivity index (χ2n) is 6.36. The third-order valence-corrected chi connectivity index (χ3v) is 4.54. The molecule has 3 rings (SSSR count). The van der Waals surface area contributed by atoms with Gasteiger partial charge in [0.2, 0.25) is 0 Å². The smallest absolute Gasteiger partial charge is 0.262 e. The van der Waals surface area contributed by atoms with Crippen LogP contribution < -0.4 is 10.1 Å². The minimum atomic E-state index is -0.237. The Morgan fingerprint density at radius 1 is 1.07 bits per heavy atom. The summed E-state index contributed by atoms with van der Waals surface area (Å²) in [6.45, 7) is 3.97. The van der Waals surface area contributed by atoms with Crippen molar-refractivity contribution in [3.8, 4) is 5.75 Å². The number of nitrogens with one attached hydrogen (secondary N) is 1. The van der Waals surface area contributed by atoms with Crippen LogP contribution in [-0.2, 0) is 4.79 Å². The highest BCUT2D eigenvalue weighted by atomic mass is 35.5. The van der Waals surface area contributed by atoms with Gasteiger partial charge in [0.1, 0.15) is 5.75 Å². The highest BCUT2D eigenvalue weighted by molar-refractivity contribution is 6.30. The van der Waals surface area contributed by atoms with Crippen molar-refractivity contribution in [3.05, 3.63) is 88.4 Å². The van der Waals surface area contributed by atoms with E-state index in [0.29, 0.717) is 16.3 Å². The van der Waals surface area contributed by atoms with E-state index in [4.69, 9.17) is 16.3 Å². The monoisotopic (exact) mass is 392 g/mol. The van der Waals surface area contributed by atoms with Crippen LogP contribution in [0.3, 0.4) is 0 Å². The molecule has 0 aliphatic carbocycles. The van der Waals surface area contributed by atoms with Crippen LogP contribution in [0.1, 0.15) is 16.7 Å². The lowest BCUT2D eigenvalue weighted by Crippen LogP contribution is -2.20. The van der Waals surface area contributed by atoms with Crippen molar-refractivity contribution < 1.29 is 9.53 Å². The molecule has 0 atom stereocenters. The van der Waals surface area contributed by atoms with Gasteiger partial charge >= 0.3 is 0 Å². The number of amides is 1. The number of hydrogen-bond acceptors (Lipinski definition) is 3. The number of para-hydroxylation sites is 1. The summed E-state index contributed by atoms with van der Waals surface area (Å²) in [5.74, 6) is 0.306. The number of ether oxygens (including phenoxy) is 1. The molecule has 0 bridgehead atoms. The van der Waals surface area contributed by atoms with Crippen LogP contribution >= 0.6 is 11.6 Å². The molecule has 0 heterocycles. The SMILES string of the molecule is Cc1cccc(N=Cc2cc(Cl)ccc2OCC(=O)Nc2ccccc2)c1C. The molecule has 142 valence electrons. The van der Waals surface area contributed by atoms with Crippen LogP contribution in [-0.4, -0.2) is 18.7 Å². The fourth-order valence-corrected chi connectivity index (χ4v) is 2.81. The molecule has 0 saturated carbocycles. The predicted octanol–water partition coefficient (Wildman–Crippen LogP) is 5.72. The van der Waals surface area contributed by atoms with E-state index >= 15 is 0 Å². The number of aryl methyl sites for hydroxylation is 1. The molecular weight excluding hydrogens is 372 g/mol. The van der Waals surface area contributed by atoms with Gasteiger partial charge in [-0.25, -0.2) is 0 Å². The zero-order valence-electron chi connectivity index (χ0n) is 15.8. The molecular formula is C23H21ClN2O2. The van der Waals surface area contributed by atoms with Gasteiger partial charge in [0.25, 0.3) is 5.91 Å². The Kier molecular flexibility index (Phi) is 6.45. The zero-order chi connectivity index (χ0) is 19.9. The van der Waals surface area contributed by atoms with Gasteiger partial charge in [-0.3, -0.25) is 9.79 Å². The van der Waals surface area contributed by atoms with E-state index in [1.165, 1.54) is 5.56 Å². The molecule has 0 radical (unpaired) electrons. The van der Waals surface area contributed by atoms with E-state index in [9.17, 15) is 4.79 Å². The summed E-state index contributed by atoms with van der Waals surface area (Å²) < 4.78 is 5.71. The summed E-state index contributed by atoms with van der Waals surface area (Å²) >= 11 is 6.13. The fraction of sp³-hybridized carbons (Fsp3) is 0.130. The number of aliphatic imine (C=N–C) groups is 1. The molecule has 0 aliphatic rings. The van der Waals surface area contributed by atoms with Crippen LogP contribution in [0, 0.1) is 13.8 Å². The van der Waals surface area contributed by atoms with Gasteiger partial charge in [0.05, 0.1) is 5.69 Å². The zero-order valence-corrected chi connectivity index (χ0v) is 16.5. The van der Waals surface area contributed by atoms with Gasteiger partial charge < -0.3 is 10.1 Å². The van der Waals surface area contributed by atoms with Gasteiger partial charge in [-0.1, -0.05) is 41.9 Å². The van der Waals surface area contributed by atoms with Crippen LogP contribution in [0.5, 0.6) is 5.75 Å². The van der Waals surface area contributed by atoms with Crippen LogP contribution in [0.4, 0.5) is 11.4 Å². The summed E-state index contributed by atoms with van der Waals surface area (Å²) in [4.78, 5) is 16.7. The minimum Gasteiger partial charge on any atom is -0.483 e. The van der Waals surface area contributed by atoms with Crippen LogP contribution in [0.25, 0.3) is 0 Å². The Balaban J connectivity index is 1.73. The average Bonchev–Trinajstić information content (AvgIpc) is 2.69. The van der Waals surface area contributed by atoms with E-state index in [2.05, 4.69) is 10.3 Å². The molecule has 0 fully saturated rings. The molecule has 0 aliphatic heterocycles. The predicted molar refractivity (Wildman–Crippen MR) is 115 cm³/mol. The third-order valence-electron chi connectivity index (χ3n) is 4.31. The van der Waals surface area contributed by atoms with Crippen molar-refractivity contribution in [1.29, 1.82) is 0 Å². The van der Waals surface area contributed by atoms with E-state index in [1.807, 2.05) is 62.4 Å². The Hall–Kier alpha value is -3.11. The fourth-order valence-electron chi connectivity index (χ4n) is 2.63. The maximum absolute atomic E-state index is 12.1. The van der Waals surface area contributed by atoms with Crippen molar-refractivity contribution in [2.75, 3.05) is 11.9 Å². The topological polar surface area (TPSA) is 50.7 Å². The summed E-state index contributed by atoms with van der Waals surface area (Å²) in [5, 5.41) is 3.36. The number of nitrogens with zero attached hydrogens (tertiary/aromatic N) is 1. The number of halogens is 1. The first-order valence-corrected chi connectivity index (χ1v) is 9.28. The van der Waals surface area contributed by atoms with Crippen molar-refractivity contribution in [2.24, 2.45) is 4.99 Å². The Morgan fingerprint density at radius 3 is 2.64 bits per heavy atom. The molecule has 0 aromatic heterocycles. The third kappa shape index (κ3) is 5.21. The Labute approximate surface area is 169 Å². The molecule has 0 saturated heterocycles. The van der Waals surface area contributed by atoms with Crippen LogP contribution in [0.2, 0.25) is 5.02 Å².